The molecule has 2 amide bonds. The third-order valence-corrected chi connectivity index (χ3v) is 4.43. The number of halogens is 7. The zero-order chi connectivity index (χ0) is 21.0. The maximum absolute atomic E-state index is 13.0. The molecule has 1 heterocycles. The van der Waals surface area contributed by atoms with Gasteiger partial charge in [-0.15, -0.1) is 0 Å². The molecule has 0 aliphatic carbocycles. The van der Waals surface area contributed by atoms with Crippen molar-refractivity contribution in [3.8, 4) is 0 Å². The quantitative estimate of drug-likeness (QED) is 0.607. The molecule has 12 heteroatoms. The minimum atomic E-state index is -5.02. The van der Waals surface area contributed by atoms with Crippen LogP contribution in [0.5, 0.6) is 0 Å². The fraction of sp³-hybridized carbons (Fsp3) is 0.600. The summed E-state index contributed by atoms with van der Waals surface area (Å²) in [4.78, 5) is 27.1. The SMILES string of the molecule is CCN(C(=O)N[C@@H](CCC(F)(F)F)C(F)(F)F)[C@H](C)c1c[nH]c(=O)c(Br)c1. The first-order chi connectivity index (χ1) is 12.3. The third-order valence-electron chi connectivity index (χ3n) is 3.84. The second kappa shape index (κ2) is 8.98. The molecule has 1 rings (SSSR count). The molecule has 0 saturated heterocycles. The first-order valence-electron chi connectivity index (χ1n) is 7.85. The van der Waals surface area contributed by atoms with Gasteiger partial charge < -0.3 is 15.2 Å². The summed E-state index contributed by atoms with van der Waals surface area (Å²) in [7, 11) is 0. The summed E-state index contributed by atoms with van der Waals surface area (Å²) in [6.45, 7) is 3.02. The second-order valence-corrected chi connectivity index (χ2v) is 6.62. The Labute approximate surface area is 159 Å². The second-order valence-electron chi connectivity index (χ2n) is 5.77. The van der Waals surface area contributed by atoms with Crippen LogP contribution in [0, 0.1) is 0 Å². The predicted octanol–water partition coefficient (Wildman–Crippen LogP) is 4.50. The smallest absolute Gasteiger partial charge is 0.328 e. The summed E-state index contributed by atoms with van der Waals surface area (Å²) in [6, 6.07) is -3.11. The maximum atomic E-state index is 13.0. The largest absolute Gasteiger partial charge is 0.408 e. The van der Waals surface area contributed by atoms with Crippen LogP contribution in [0.1, 0.15) is 38.3 Å². The topological polar surface area (TPSA) is 65.2 Å². The van der Waals surface area contributed by atoms with Crippen LogP contribution in [0.4, 0.5) is 31.1 Å². The highest BCUT2D eigenvalue weighted by Crippen LogP contribution is 2.29. The Morgan fingerprint density at radius 2 is 1.89 bits per heavy atom. The summed E-state index contributed by atoms with van der Waals surface area (Å²) < 4.78 is 75.9. The van der Waals surface area contributed by atoms with Gasteiger partial charge in [-0.2, -0.15) is 26.3 Å². The number of urea groups is 1. The van der Waals surface area contributed by atoms with Crippen molar-refractivity contribution in [2.45, 2.75) is 51.1 Å². The Kier molecular flexibility index (Phi) is 7.76. The molecule has 0 fully saturated rings. The maximum Gasteiger partial charge on any atom is 0.408 e. The highest BCUT2D eigenvalue weighted by atomic mass is 79.9. The molecule has 0 radical (unpaired) electrons. The molecule has 1 aromatic heterocycles. The van der Waals surface area contributed by atoms with E-state index in [4.69, 9.17) is 0 Å². The van der Waals surface area contributed by atoms with Gasteiger partial charge in [0.25, 0.3) is 5.56 Å². The zero-order valence-corrected chi connectivity index (χ0v) is 15.9. The van der Waals surface area contributed by atoms with Crippen LogP contribution in [0.25, 0.3) is 0 Å². The van der Waals surface area contributed by atoms with Crippen molar-refractivity contribution in [3.05, 3.63) is 32.7 Å². The van der Waals surface area contributed by atoms with Gasteiger partial charge in [-0.05, 0) is 47.8 Å². The van der Waals surface area contributed by atoms with Crippen molar-refractivity contribution in [1.82, 2.24) is 15.2 Å². The van der Waals surface area contributed by atoms with Gasteiger partial charge in [-0.3, -0.25) is 4.79 Å². The van der Waals surface area contributed by atoms with E-state index < -0.39 is 48.9 Å². The van der Waals surface area contributed by atoms with E-state index in [0.717, 1.165) is 4.90 Å². The number of amides is 2. The van der Waals surface area contributed by atoms with Crippen LogP contribution in [0.15, 0.2) is 21.5 Å². The van der Waals surface area contributed by atoms with E-state index >= 15 is 0 Å². The molecule has 0 spiro atoms. The number of nitrogens with zero attached hydrogens (tertiary/aromatic N) is 1. The van der Waals surface area contributed by atoms with Gasteiger partial charge in [-0.25, -0.2) is 4.79 Å². The van der Waals surface area contributed by atoms with Crippen LogP contribution >= 0.6 is 15.9 Å². The molecular formula is C15H18BrF6N3O2. The summed E-state index contributed by atoms with van der Waals surface area (Å²) >= 11 is 3.01. The lowest BCUT2D eigenvalue weighted by Gasteiger charge is -2.31. The number of H-pyrrole nitrogens is 1. The number of alkyl halides is 6. The molecule has 5 nitrogen and oxygen atoms in total. The van der Waals surface area contributed by atoms with Gasteiger partial charge in [-0.1, -0.05) is 0 Å². The van der Waals surface area contributed by atoms with Crippen molar-refractivity contribution in [3.63, 3.8) is 0 Å². The summed E-state index contributed by atoms with van der Waals surface area (Å²) in [5.74, 6) is 0. The lowest BCUT2D eigenvalue weighted by atomic mass is 10.1. The van der Waals surface area contributed by atoms with Crippen LogP contribution in [-0.4, -0.2) is 40.9 Å². The minimum Gasteiger partial charge on any atom is -0.328 e. The average Bonchev–Trinajstić information content (AvgIpc) is 2.52. The van der Waals surface area contributed by atoms with E-state index in [2.05, 4.69) is 20.9 Å². The van der Waals surface area contributed by atoms with Crippen molar-refractivity contribution in [2.75, 3.05) is 6.54 Å². The number of hydrogen-bond donors (Lipinski definition) is 2. The number of pyridine rings is 1. The van der Waals surface area contributed by atoms with Gasteiger partial charge in [0, 0.05) is 19.2 Å². The van der Waals surface area contributed by atoms with E-state index in [1.165, 1.54) is 26.1 Å². The normalized spacial score (nSPS) is 14.6. The standard InChI is InChI=1S/C15H18BrF6N3O2/c1-3-25(8(2)9-6-10(16)12(26)23-7-9)13(27)24-11(15(20,21)22)4-5-14(17,18)19/h6-8,11H,3-5H2,1-2H3,(H,23,26)(H,24,27)/t8-,11+/m1/s1. The fourth-order valence-electron chi connectivity index (χ4n) is 2.34. The molecular weight excluding hydrogens is 448 g/mol. The number of nitrogens with one attached hydrogen (secondary N) is 2. The number of carbonyl (C=O) groups is 1. The zero-order valence-electron chi connectivity index (χ0n) is 14.3. The van der Waals surface area contributed by atoms with Gasteiger partial charge in [0.15, 0.2) is 0 Å². The fourth-order valence-corrected chi connectivity index (χ4v) is 2.72. The van der Waals surface area contributed by atoms with Crippen molar-refractivity contribution >= 4 is 22.0 Å². The minimum absolute atomic E-state index is 0.00636. The predicted molar refractivity (Wildman–Crippen MR) is 89.2 cm³/mol. The molecule has 0 aromatic carbocycles. The van der Waals surface area contributed by atoms with Gasteiger partial charge >= 0.3 is 18.4 Å². The van der Waals surface area contributed by atoms with E-state index in [1.807, 2.05) is 0 Å². The average molecular weight is 466 g/mol. The summed E-state index contributed by atoms with van der Waals surface area (Å²) in [5.41, 5.74) is 0.0000568. The summed E-state index contributed by atoms with van der Waals surface area (Å²) in [6.07, 6.45) is -11.5. The Bertz CT molecular complexity index is 704. The number of aromatic nitrogens is 1. The molecule has 2 atom stereocenters. The van der Waals surface area contributed by atoms with E-state index in [9.17, 15) is 35.9 Å². The van der Waals surface area contributed by atoms with Gasteiger partial charge in [0.2, 0.25) is 0 Å². The van der Waals surface area contributed by atoms with E-state index in [0.29, 0.717) is 5.56 Å². The number of rotatable bonds is 6. The summed E-state index contributed by atoms with van der Waals surface area (Å²) in [5, 5.41) is 1.64. The highest BCUT2D eigenvalue weighted by Gasteiger charge is 2.43. The first kappa shape index (κ1) is 23.3. The van der Waals surface area contributed by atoms with E-state index in [-0.39, 0.29) is 11.0 Å². The molecule has 0 bridgehead atoms. The van der Waals surface area contributed by atoms with Crippen LogP contribution < -0.4 is 10.9 Å². The van der Waals surface area contributed by atoms with Crippen molar-refractivity contribution < 1.29 is 31.1 Å². The lowest BCUT2D eigenvalue weighted by Crippen LogP contribution is -2.51. The number of carbonyl (C=O) groups excluding carboxylic acids is 1. The third kappa shape index (κ3) is 7.07. The van der Waals surface area contributed by atoms with Crippen LogP contribution in [0.2, 0.25) is 0 Å². The number of aromatic amines is 1. The Morgan fingerprint density at radius 1 is 1.30 bits per heavy atom. The monoisotopic (exact) mass is 465 g/mol. The molecule has 0 saturated carbocycles. The first-order valence-corrected chi connectivity index (χ1v) is 8.64. The molecule has 1 aromatic rings. The lowest BCUT2D eigenvalue weighted by molar-refractivity contribution is -0.171. The Balaban J connectivity index is 2.96. The highest BCUT2D eigenvalue weighted by molar-refractivity contribution is 9.10. The Hall–Kier alpha value is -1.72. The molecule has 2 N–H and O–H groups in total. The molecule has 27 heavy (non-hydrogen) atoms. The molecule has 154 valence electrons. The van der Waals surface area contributed by atoms with Crippen LogP contribution in [0.3, 0.4) is 0 Å². The number of hydrogen-bond acceptors (Lipinski definition) is 2. The van der Waals surface area contributed by atoms with Crippen molar-refractivity contribution in [1.29, 1.82) is 0 Å². The van der Waals surface area contributed by atoms with Crippen molar-refractivity contribution in [2.24, 2.45) is 0 Å². The van der Waals surface area contributed by atoms with Gasteiger partial charge in [0.05, 0.1) is 10.5 Å². The molecule has 0 aliphatic heterocycles. The van der Waals surface area contributed by atoms with Gasteiger partial charge in [0.1, 0.15) is 6.04 Å². The molecule has 0 unspecified atom stereocenters. The Morgan fingerprint density at radius 3 is 2.33 bits per heavy atom. The molecule has 0 aliphatic rings. The van der Waals surface area contributed by atoms with Crippen LogP contribution in [-0.2, 0) is 0 Å². The van der Waals surface area contributed by atoms with E-state index in [1.54, 1.807) is 5.32 Å².